The van der Waals surface area contributed by atoms with Gasteiger partial charge in [-0.15, -0.1) is 0 Å². The van der Waals surface area contributed by atoms with Gasteiger partial charge in [0, 0.05) is 19.7 Å². The lowest BCUT2D eigenvalue weighted by Gasteiger charge is -2.38. The van der Waals surface area contributed by atoms with Gasteiger partial charge in [-0.2, -0.15) is 5.10 Å². The summed E-state index contributed by atoms with van der Waals surface area (Å²) < 4.78 is 12.1. The quantitative estimate of drug-likeness (QED) is 0.207. The molecule has 0 spiro atoms. The molecule has 0 radical (unpaired) electrons. The third-order valence-electron chi connectivity index (χ3n) is 6.85. The van der Waals surface area contributed by atoms with Crippen LogP contribution in [0.3, 0.4) is 0 Å². The van der Waals surface area contributed by atoms with E-state index < -0.39 is 54.0 Å². The van der Waals surface area contributed by atoms with Gasteiger partial charge in [-0.3, -0.25) is 4.79 Å². The number of para-hydroxylation sites is 1. The maximum atomic E-state index is 13.6. The number of benzene rings is 2. The van der Waals surface area contributed by atoms with Crippen LogP contribution in [-0.2, 0) is 9.53 Å². The van der Waals surface area contributed by atoms with E-state index in [2.05, 4.69) is 10.2 Å². The highest BCUT2D eigenvalue weighted by atomic mass is 16.7. The minimum absolute atomic E-state index is 0.00273. The third kappa shape index (κ3) is 5.81. The number of aliphatic carboxylic acids is 1. The van der Waals surface area contributed by atoms with Crippen molar-refractivity contribution in [2.24, 2.45) is 0 Å². The van der Waals surface area contributed by atoms with Crippen molar-refractivity contribution >= 4 is 11.9 Å². The first-order chi connectivity index (χ1) is 19.5. The van der Waals surface area contributed by atoms with Crippen LogP contribution < -0.4 is 10.4 Å². The molecule has 0 aliphatic carbocycles. The lowest BCUT2D eigenvalue weighted by Crippen LogP contribution is -2.61. The van der Waals surface area contributed by atoms with E-state index in [4.69, 9.17) is 9.47 Å². The lowest BCUT2D eigenvalue weighted by atomic mass is 9.99. The highest BCUT2D eigenvalue weighted by molar-refractivity contribution is 5.98. The van der Waals surface area contributed by atoms with Gasteiger partial charge in [0.05, 0.1) is 16.8 Å². The number of aryl methyl sites for hydroxylation is 1. The second kappa shape index (κ2) is 12.1. The zero-order valence-electron chi connectivity index (χ0n) is 22.6. The average Bonchev–Trinajstić information content (AvgIpc) is 3.32. The smallest absolute Gasteiger partial charge is 0.348 e. The number of ether oxygens (including phenoxy) is 2. The minimum Gasteiger partial charge on any atom is -0.507 e. The first-order valence-corrected chi connectivity index (χ1v) is 12.9. The van der Waals surface area contributed by atoms with Gasteiger partial charge in [-0.1, -0.05) is 31.5 Å². The summed E-state index contributed by atoms with van der Waals surface area (Å²) in [5.74, 6) is -2.95. The molecule has 0 bridgehead atoms. The van der Waals surface area contributed by atoms with Gasteiger partial charge < -0.3 is 39.9 Å². The van der Waals surface area contributed by atoms with Crippen molar-refractivity contribution in [1.29, 1.82) is 0 Å². The number of nitrogens with one attached hydrogen (secondary N) is 1. The van der Waals surface area contributed by atoms with Crippen molar-refractivity contribution in [3.8, 4) is 28.6 Å². The molecule has 14 nitrogen and oxygen atoms in total. The Hall–Kier alpha value is -4.24. The monoisotopic (exact) mass is 572 g/mol. The Kier molecular flexibility index (Phi) is 8.77. The summed E-state index contributed by atoms with van der Waals surface area (Å²) in [5.41, 5.74) is 0.499. The number of carbonyl (C=O) groups excluding carboxylic acids is 1. The second-order valence-electron chi connectivity index (χ2n) is 9.77. The number of hydrogen-bond acceptors (Lipinski definition) is 10. The van der Waals surface area contributed by atoms with Crippen LogP contribution in [0.2, 0.25) is 0 Å². The molecular formula is C27H32N4O10. The fourth-order valence-electron chi connectivity index (χ4n) is 4.51. The van der Waals surface area contributed by atoms with E-state index in [-0.39, 0.29) is 22.7 Å². The second-order valence-corrected chi connectivity index (χ2v) is 9.77. The molecule has 5 unspecified atom stereocenters. The number of aromatic hydroxyl groups is 1. The number of phenolic OH excluding ortho intramolecular Hbond substituents is 1. The molecule has 0 saturated carbocycles. The molecule has 1 saturated heterocycles. The summed E-state index contributed by atoms with van der Waals surface area (Å²) in [6.45, 7) is 4.11. The largest absolute Gasteiger partial charge is 0.507 e. The number of aliphatic hydroxyl groups is 3. The normalized spacial score (nSPS) is 22.3. The predicted molar refractivity (Wildman–Crippen MR) is 143 cm³/mol. The van der Waals surface area contributed by atoms with Gasteiger partial charge in [-0.25, -0.2) is 19.3 Å². The van der Waals surface area contributed by atoms with E-state index in [0.29, 0.717) is 18.7 Å². The van der Waals surface area contributed by atoms with E-state index in [9.17, 15) is 39.9 Å². The number of unbranched alkanes of at least 4 members (excludes halogenated alkanes) is 1. The fourth-order valence-corrected chi connectivity index (χ4v) is 4.51. The zero-order valence-corrected chi connectivity index (χ0v) is 22.6. The Bertz CT molecular complexity index is 1480. The van der Waals surface area contributed by atoms with Crippen LogP contribution in [0.15, 0.2) is 41.2 Å². The van der Waals surface area contributed by atoms with Crippen LogP contribution in [0.25, 0.3) is 17.1 Å². The summed E-state index contributed by atoms with van der Waals surface area (Å²) in [4.78, 5) is 39.3. The standard InChI is InChI=1S/C27H32N4O10/c1-4-5-10-30(3)24(36)15-11-14(23-28-29-27(39)31(23)16-9-7-6-8-13(16)2)17(32)12-18(15)40-26-21(35)19(33)20(34)22(41-26)25(37)38/h6-9,11-12,19-22,26,32-35H,4-5,10H2,1-3H3,(H,29,39)(H,37,38). The Morgan fingerprint density at radius 3 is 2.51 bits per heavy atom. The van der Waals surface area contributed by atoms with Gasteiger partial charge >= 0.3 is 11.7 Å². The Morgan fingerprint density at radius 2 is 1.85 bits per heavy atom. The molecule has 4 rings (SSSR count). The van der Waals surface area contributed by atoms with Crippen molar-refractivity contribution < 1.29 is 44.6 Å². The number of carbonyl (C=O) groups is 2. The van der Waals surface area contributed by atoms with Crippen LogP contribution in [0.1, 0.15) is 35.7 Å². The van der Waals surface area contributed by atoms with Crippen LogP contribution in [0, 0.1) is 6.92 Å². The molecule has 3 aromatic rings. The van der Waals surface area contributed by atoms with E-state index in [1.54, 1.807) is 38.2 Å². The number of aromatic nitrogens is 3. The average molecular weight is 573 g/mol. The number of carboxylic acids is 1. The molecule has 1 aliphatic heterocycles. The van der Waals surface area contributed by atoms with Gasteiger partial charge in [0.25, 0.3) is 5.91 Å². The lowest BCUT2D eigenvalue weighted by molar-refractivity contribution is -0.271. The number of H-pyrrole nitrogens is 1. The molecular weight excluding hydrogens is 540 g/mol. The summed E-state index contributed by atoms with van der Waals surface area (Å²) in [5, 5.41) is 57.5. The first-order valence-electron chi connectivity index (χ1n) is 12.9. The minimum atomic E-state index is -1.95. The number of phenols is 1. The van der Waals surface area contributed by atoms with E-state index >= 15 is 0 Å². The van der Waals surface area contributed by atoms with Crippen molar-refractivity contribution in [2.75, 3.05) is 13.6 Å². The van der Waals surface area contributed by atoms with Crippen molar-refractivity contribution in [1.82, 2.24) is 19.7 Å². The highest BCUT2D eigenvalue weighted by Crippen LogP contribution is 2.37. The van der Waals surface area contributed by atoms with Crippen LogP contribution >= 0.6 is 0 Å². The van der Waals surface area contributed by atoms with Crippen molar-refractivity contribution in [2.45, 2.75) is 57.4 Å². The summed E-state index contributed by atoms with van der Waals surface area (Å²) in [7, 11) is 1.55. The van der Waals surface area contributed by atoms with E-state index in [1.807, 2.05) is 6.92 Å². The van der Waals surface area contributed by atoms with Crippen LogP contribution in [0.4, 0.5) is 0 Å². The topological polar surface area (TPSA) is 208 Å². The molecule has 220 valence electrons. The highest BCUT2D eigenvalue weighted by Gasteiger charge is 2.48. The summed E-state index contributed by atoms with van der Waals surface area (Å²) >= 11 is 0. The fraction of sp³-hybridized carbons (Fsp3) is 0.407. The number of aliphatic hydroxyl groups excluding tert-OH is 3. The predicted octanol–water partition coefficient (Wildman–Crippen LogP) is 0.385. The zero-order chi connectivity index (χ0) is 30.0. The molecule has 2 aromatic carbocycles. The molecule has 1 aliphatic rings. The molecule has 2 heterocycles. The number of aromatic amines is 1. The SMILES string of the molecule is CCCCN(C)C(=O)c1cc(-c2n[nH]c(=O)n2-c2ccccc2C)c(O)cc1OC1OC(C(=O)O)C(O)C(O)C1O. The molecule has 5 atom stereocenters. The van der Waals surface area contributed by atoms with Gasteiger partial charge in [0.15, 0.2) is 11.9 Å². The van der Waals surface area contributed by atoms with Gasteiger partial charge in [0.1, 0.15) is 29.8 Å². The van der Waals surface area contributed by atoms with Gasteiger partial charge in [-0.05, 0) is 31.0 Å². The molecule has 1 aromatic heterocycles. The maximum Gasteiger partial charge on any atom is 0.348 e. The van der Waals surface area contributed by atoms with Crippen molar-refractivity contribution in [3.05, 3.63) is 58.0 Å². The molecule has 14 heteroatoms. The molecule has 6 N–H and O–H groups in total. The molecule has 1 amide bonds. The molecule has 1 fully saturated rings. The Morgan fingerprint density at radius 1 is 1.15 bits per heavy atom. The number of rotatable bonds is 9. The summed E-state index contributed by atoms with van der Waals surface area (Å²) in [6, 6.07) is 9.30. The van der Waals surface area contributed by atoms with E-state index in [1.165, 1.54) is 15.5 Å². The van der Waals surface area contributed by atoms with Crippen molar-refractivity contribution in [3.63, 3.8) is 0 Å². The number of nitrogens with zero attached hydrogens (tertiary/aromatic N) is 3. The Balaban J connectivity index is 1.83. The van der Waals surface area contributed by atoms with Gasteiger partial charge in [0.2, 0.25) is 6.29 Å². The summed E-state index contributed by atoms with van der Waals surface area (Å²) in [6.07, 6.45) is -8.08. The number of carboxylic acid groups (broad SMARTS) is 1. The Labute approximate surface area is 234 Å². The van der Waals surface area contributed by atoms with Crippen LogP contribution in [-0.4, -0.2) is 101 Å². The number of hydrogen-bond donors (Lipinski definition) is 6. The third-order valence-corrected chi connectivity index (χ3v) is 6.85. The number of amides is 1. The van der Waals surface area contributed by atoms with Crippen LogP contribution in [0.5, 0.6) is 11.5 Å². The first kappa shape index (κ1) is 29.7. The molecule has 41 heavy (non-hydrogen) atoms. The maximum absolute atomic E-state index is 13.6. The van der Waals surface area contributed by atoms with E-state index in [0.717, 1.165) is 18.1 Å².